The molecule has 0 aromatic heterocycles. The molecule has 4 heteroatoms. The summed E-state index contributed by atoms with van der Waals surface area (Å²) in [5, 5.41) is 0. The number of carbonyl (C=O) groups is 2. The minimum Gasteiger partial charge on any atom is -0.398 e. The Kier molecular flexibility index (Phi) is 3.25. The van der Waals surface area contributed by atoms with Crippen molar-refractivity contribution < 1.29 is 9.59 Å². The van der Waals surface area contributed by atoms with Gasteiger partial charge in [0, 0.05) is 20.4 Å². The summed E-state index contributed by atoms with van der Waals surface area (Å²) in [6, 6.07) is 3.20. The lowest BCUT2D eigenvalue weighted by molar-refractivity contribution is 0.0981. The molecule has 0 heterocycles. The Morgan fingerprint density at radius 2 is 1.57 bits per heavy atom. The molecule has 0 aliphatic rings. The number of carbonyl (C=O) groups excluding carboxylic acids is 2. The van der Waals surface area contributed by atoms with Crippen molar-refractivity contribution in [1.82, 2.24) is 0 Å². The Morgan fingerprint density at radius 1 is 1.14 bits per heavy atom. The number of rotatable bonds is 2. The highest BCUT2D eigenvalue weighted by molar-refractivity contribution is 14.1. The van der Waals surface area contributed by atoms with Crippen LogP contribution in [0.5, 0.6) is 0 Å². The van der Waals surface area contributed by atoms with Crippen LogP contribution in [0, 0.1) is 3.57 Å². The van der Waals surface area contributed by atoms with Crippen molar-refractivity contribution in [1.29, 1.82) is 0 Å². The standard InChI is InChI=1S/C10H10INO2/c1-5(13)7-3-9(11)10(12)4-8(7)6(2)14/h3-4H,12H2,1-2H3. The molecule has 1 aromatic carbocycles. The van der Waals surface area contributed by atoms with Gasteiger partial charge in [-0.3, -0.25) is 9.59 Å². The second-order valence-electron chi connectivity index (χ2n) is 3.03. The Hall–Kier alpha value is -0.910. The van der Waals surface area contributed by atoms with Crippen LogP contribution in [-0.2, 0) is 0 Å². The van der Waals surface area contributed by atoms with Crippen LogP contribution in [0.25, 0.3) is 0 Å². The number of hydrogen-bond acceptors (Lipinski definition) is 3. The van der Waals surface area contributed by atoms with Crippen LogP contribution in [-0.4, -0.2) is 11.6 Å². The van der Waals surface area contributed by atoms with Crippen molar-refractivity contribution in [2.45, 2.75) is 13.8 Å². The molecule has 3 nitrogen and oxygen atoms in total. The van der Waals surface area contributed by atoms with Gasteiger partial charge in [-0.25, -0.2) is 0 Å². The largest absolute Gasteiger partial charge is 0.398 e. The van der Waals surface area contributed by atoms with Crippen molar-refractivity contribution in [3.05, 3.63) is 26.8 Å². The summed E-state index contributed by atoms with van der Waals surface area (Å²) in [4.78, 5) is 22.5. The summed E-state index contributed by atoms with van der Waals surface area (Å²) in [7, 11) is 0. The molecule has 0 atom stereocenters. The van der Waals surface area contributed by atoms with Gasteiger partial charge in [-0.1, -0.05) is 0 Å². The molecule has 0 aliphatic carbocycles. The van der Waals surface area contributed by atoms with Gasteiger partial charge in [0.05, 0.1) is 0 Å². The summed E-state index contributed by atoms with van der Waals surface area (Å²) in [6.45, 7) is 2.86. The van der Waals surface area contributed by atoms with E-state index in [4.69, 9.17) is 5.73 Å². The van der Waals surface area contributed by atoms with Gasteiger partial charge in [0.15, 0.2) is 11.6 Å². The van der Waals surface area contributed by atoms with Gasteiger partial charge >= 0.3 is 0 Å². The zero-order valence-electron chi connectivity index (χ0n) is 7.93. The molecule has 2 N–H and O–H groups in total. The topological polar surface area (TPSA) is 60.2 Å². The second kappa shape index (κ2) is 4.08. The lowest BCUT2D eigenvalue weighted by Gasteiger charge is -2.06. The first-order valence-electron chi connectivity index (χ1n) is 4.04. The predicted molar refractivity (Wildman–Crippen MR) is 63.6 cm³/mol. The highest BCUT2D eigenvalue weighted by Crippen LogP contribution is 2.21. The molecule has 0 radical (unpaired) electrons. The summed E-state index contributed by atoms with van der Waals surface area (Å²) in [5.74, 6) is -0.258. The fourth-order valence-corrected chi connectivity index (χ4v) is 1.64. The Balaban J connectivity index is 3.46. The Labute approximate surface area is 95.8 Å². The maximum absolute atomic E-state index is 11.2. The quantitative estimate of drug-likeness (QED) is 0.518. The maximum atomic E-state index is 11.2. The Bertz CT molecular complexity index is 374. The number of ketones is 2. The van der Waals surface area contributed by atoms with E-state index < -0.39 is 0 Å². The lowest BCUT2D eigenvalue weighted by Crippen LogP contribution is -2.06. The van der Waals surface area contributed by atoms with Crippen molar-refractivity contribution in [3.8, 4) is 0 Å². The zero-order chi connectivity index (χ0) is 10.9. The third-order valence-electron chi connectivity index (χ3n) is 1.90. The average molecular weight is 303 g/mol. The van der Waals surface area contributed by atoms with Crippen molar-refractivity contribution in [2.75, 3.05) is 5.73 Å². The number of halogens is 1. The zero-order valence-corrected chi connectivity index (χ0v) is 10.1. The van der Waals surface area contributed by atoms with E-state index in [-0.39, 0.29) is 11.6 Å². The number of benzene rings is 1. The van der Waals surface area contributed by atoms with Gasteiger partial charge in [-0.2, -0.15) is 0 Å². The molecule has 0 aliphatic heterocycles. The lowest BCUT2D eigenvalue weighted by atomic mass is 10.0. The monoisotopic (exact) mass is 303 g/mol. The van der Waals surface area contributed by atoms with Crippen molar-refractivity contribution in [2.24, 2.45) is 0 Å². The van der Waals surface area contributed by atoms with Gasteiger partial charge in [0.2, 0.25) is 0 Å². The molecule has 0 saturated carbocycles. The van der Waals surface area contributed by atoms with Crippen LogP contribution < -0.4 is 5.73 Å². The smallest absolute Gasteiger partial charge is 0.160 e. The fraction of sp³-hybridized carbons (Fsp3) is 0.200. The van der Waals surface area contributed by atoms with Gasteiger partial charge in [0.1, 0.15) is 0 Å². The van der Waals surface area contributed by atoms with E-state index in [1.54, 1.807) is 12.1 Å². The number of hydrogen-bond donors (Lipinski definition) is 1. The van der Waals surface area contributed by atoms with E-state index in [9.17, 15) is 9.59 Å². The van der Waals surface area contributed by atoms with Crippen molar-refractivity contribution >= 4 is 39.8 Å². The highest BCUT2D eigenvalue weighted by Gasteiger charge is 2.13. The van der Waals surface area contributed by atoms with E-state index in [0.29, 0.717) is 16.8 Å². The van der Waals surface area contributed by atoms with Crippen LogP contribution in [0.4, 0.5) is 5.69 Å². The fourth-order valence-electron chi connectivity index (χ4n) is 1.17. The van der Waals surface area contributed by atoms with E-state index in [0.717, 1.165) is 3.57 Å². The van der Waals surface area contributed by atoms with Gasteiger partial charge in [0.25, 0.3) is 0 Å². The van der Waals surface area contributed by atoms with E-state index >= 15 is 0 Å². The molecule has 0 unspecified atom stereocenters. The summed E-state index contributed by atoms with van der Waals surface area (Å²) in [6.07, 6.45) is 0. The van der Waals surface area contributed by atoms with E-state index in [1.165, 1.54) is 13.8 Å². The summed E-state index contributed by atoms with van der Waals surface area (Å²) in [5.41, 5.74) is 7.02. The van der Waals surface area contributed by atoms with Gasteiger partial charge < -0.3 is 5.73 Å². The molecule has 0 fully saturated rings. The van der Waals surface area contributed by atoms with Crippen LogP contribution in [0.2, 0.25) is 0 Å². The Morgan fingerprint density at radius 3 is 2.00 bits per heavy atom. The average Bonchev–Trinajstić information content (AvgIpc) is 2.08. The van der Waals surface area contributed by atoms with Crippen LogP contribution >= 0.6 is 22.6 Å². The van der Waals surface area contributed by atoms with Crippen LogP contribution in [0.3, 0.4) is 0 Å². The molecule has 74 valence electrons. The molecular formula is C10H10INO2. The van der Waals surface area contributed by atoms with Gasteiger partial charge in [-0.15, -0.1) is 0 Å². The van der Waals surface area contributed by atoms with Gasteiger partial charge in [-0.05, 0) is 48.6 Å². The summed E-state index contributed by atoms with van der Waals surface area (Å²) >= 11 is 2.03. The number of nitrogen functional groups attached to an aromatic ring is 1. The molecule has 1 rings (SSSR count). The number of nitrogens with two attached hydrogens (primary N) is 1. The normalized spacial score (nSPS) is 9.93. The molecule has 14 heavy (non-hydrogen) atoms. The minimum absolute atomic E-state index is 0.117. The summed E-state index contributed by atoms with van der Waals surface area (Å²) < 4.78 is 0.790. The predicted octanol–water partition coefficient (Wildman–Crippen LogP) is 2.28. The molecular weight excluding hydrogens is 293 g/mol. The number of Topliss-reactive ketones (excluding diaryl/α,β-unsaturated/α-hetero) is 2. The van der Waals surface area contributed by atoms with Crippen LogP contribution in [0.1, 0.15) is 34.6 Å². The minimum atomic E-state index is -0.140. The molecule has 0 amide bonds. The SMILES string of the molecule is CC(=O)c1cc(N)c(I)cc1C(C)=O. The molecule has 1 aromatic rings. The second-order valence-corrected chi connectivity index (χ2v) is 4.19. The number of anilines is 1. The van der Waals surface area contributed by atoms with Crippen molar-refractivity contribution in [3.63, 3.8) is 0 Å². The molecule has 0 spiro atoms. The molecule has 0 saturated heterocycles. The van der Waals surface area contributed by atoms with E-state index in [1.807, 2.05) is 22.6 Å². The maximum Gasteiger partial charge on any atom is 0.160 e. The third kappa shape index (κ3) is 2.12. The highest BCUT2D eigenvalue weighted by atomic mass is 127. The van der Waals surface area contributed by atoms with Crippen LogP contribution in [0.15, 0.2) is 12.1 Å². The molecule has 0 bridgehead atoms. The third-order valence-corrected chi connectivity index (χ3v) is 2.83. The first kappa shape index (κ1) is 11.2. The first-order valence-corrected chi connectivity index (χ1v) is 5.12. The van der Waals surface area contributed by atoms with E-state index in [2.05, 4.69) is 0 Å². The first-order chi connectivity index (χ1) is 6.43.